The Morgan fingerprint density at radius 3 is 2.47 bits per heavy atom. The molecule has 0 atom stereocenters. The molecule has 0 amide bonds. The summed E-state index contributed by atoms with van der Waals surface area (Å²) >= 11 is 1.30. The number of rotatable bonds is 10. The Hall–Kier alpha value is -3.65. The first-order valence-electron chi connectivity index (χ1n) is 11.2. The number of aromatic nitrogens is 3. The topological polar surface area (TPSA) is 75.0 Å². The Morgan fingerprint density at radius 1 is 0.971 bits per heavy atom. The van der Waals surface area contributed by atoms with E-state index in [9.17, 15) is 4.79 Å². The van der Waals surface area contributed by atoms with Crippen LogP contribution in [0.1, 0.15) is 43.1 Å². The van der Waals surface area contributed by atoms with E-state index in [1.54, 1.807) is 20.3 Å². The molecule has 0 saturated heterocycles. The lowest BCUT2D eigenvalue weighted by molar-refractivity contribution is 0.286. The monoisotopic (exact) mass is 477 g/mol. The lowest BCUT2D eigenvalue weighted by atomic mass is 10.2. The number of nitrogens with zero attached hydrogens (tertiary/aromatic N) is 3. The van der Waals surface area contributed by atoms with Crippen molar-refractivity contribution in [2.75, 3.05) is 20.8 Å². The smallest absolute Gasteiger partial charge is 0.291 e. The summed E-state index contributed by atoms with van der Waals surface area (Å²) in [5, 5.41) is 4.35. The van der Waals surface area contributed by atoms with Crippen molar-refractivity contribution in [3.8, 4) is 17.2 Å². The zero-order valence-corrected chi connectivity index (χ0v) is 20.3. The van der Waals surface area contributed by atoms with Gasteiger partial charge in [0.15, 0.2) is 17.3 Å². The van der Waals surface area contributed by atoms with Crippen LogP contribution in [0, 0.1) is 0 Å². The minimum absolute atomic E-state index is 0.199. The highest BCUT2D eigenvalue weighted by Gasteiger charge is 2.10. The zero-order chi connectivity index (χ0) is 23.9. The van der Waals surface area contributed by atoms with Gasteiger partial charge in [0.25, 0.3) is 5.56 Å². The molecule has 2 aromatic carbocycles. The van der Waals surface area contributed by atoms with E-state index in [2.05, 4.69) is 17.0 Å². The second-order valence-corrected chi connectivity index (χ2v) is 8.66. The van der Waals surface area contributed by atoms with Crippen LogP contribution < -0.4 is 24.3 Å². The van der Waals surface area contributed by atoms with Gasteiger partial charge in [-0.2, -0.15) is 9.50 Å². The molecule has 8 heteroatoms. The van der Waals surface area contributed by atoms with Crippen molar-refractivity contribution in [1.29, 1.82) is 0 Å². The fourth-order valence-corrected chi connectivity index (χ4v) is 4.30. The number of hydrogen-bond acceptors (Lipinski definition) is 7. The average molecular weight is 478 g/mol. The van der Waals surface area contributed by atoms with Gasteiger partial charge in [-0.25, -0.2) is 0 Å². The number of ether oxygens (including phenoxy) is 3. The summed E-state index contributed by atoms with van der Waals surface area (Å²) in [7, 11) is 3.25. The van der Waals surface area contributed by atoms with E-state index < -0.39 is 0 Å². The fraction of sp³-hybridized carbons (Fsp3) is 0.269. The van der Waals surface area contributed by atoms with E-state index >= 15 is 0 Å². The second-order valence-electron chi connectivity index (χ2n) is 7.65. The van der Waals surface area contributed by atoms with E-state index in [4.69, 9.17) is 14.2 Å². The molecule has 0 aliphatic carbocycles. The van der Waals surface area contributed by atoms with Crippen LogP contribution in [0.5, 0.6) is 17.2 Å². The van der Waals surface area contributed by atoms with Crippen molar-refractivity contribution >= 4 is 34.5 Å². The Morgan fingerprint density at radius 2 is 1.76 bits per heavy atom. The van der Waals surface area contributed by atoms with Crippen LogP contribution in [0.25, 0.3) is 23.2 Å². The normalized spacial score (nSPS) is 12.0. The highest BCUT2D eigenvalue weighted by molar-refractivity contribution is 7.15. The molecule has 0 spiro atoms. The maximum absolute atomic E-state index is 12.9. The van der Waals surface area contributed by atoms with Crippen LogP contribution in [0.3, 0.4) is 0 Å². The molecule has 0 bridgehead atoms. The first-order valence-corrected chi connectivity index (χ1v) is 12.0. The number of benzene rings is 2. The number of thiazole rings is 1. The van der Waals surface area contributed by atoms with Gasteiger partial charge >= 0.3 is 0 Å². The van der Waals surface area contributed by atoms with E-state index in [0.717, 1.165) is 36.1 Å². The third-order valence-electron chi connectivity index (χ3n) is 5.23. The van der Waals surface area contributed by atoms with Gasteiger partial charge < -0.3 is 14.2 Å². The molecule has 7 nitrogen and oxygen atoms in total. The van der Waals surface area contributed by atoms with Crippen molar-refractivity contribution in [1.82, 2.24) is 14.6 Å². The van der Waals surface area contributed by atoms with E-state index in [1.807, 2.05) is 54.6 Å². The Labute approximate surface area is 201 Å². The quantitative estimate of drug-likeness (QED) is 0.314. The maximum Gasteiger partial charge on any atom is 0.291 e. The predicted molar refractivity (Wildman–Crippen MR) is 136 cm³/mol. The van der Waals surface area contributed by atoms with Gasteiger partial charge in [0, 0.05) is 0 Å². The van der Waals surface area contributed by atoms with Gasteiger partial charge in [-0.3, -0.25) is 4.79 Å². The molecule has 4 rings (SSSR count). The Bertz CT molecular complexity index is 1390. The second kappa shape index (κ2) is 11.0. The van der Waals surface area contributed by atoms with Crippen molar-refractivity contribution in [2.24, 2.45) is 0 Å². The van der Waals surface area contributed by atoms with Crippen molar-refractivity contribution in [3.63, 3.8) is 0 Å². The molecule has 0 saturated carbocycles. The molecule has 0 fully saturated rings. The predicted octanol–water partition coefficient (Wildman–Crippen LogP) is 4.46. The first-order chi connectivity index (χ1) is 16.6. The van der Waals surface area contributed by atoms with Gasteiger partial charge in [-0.1, -0.05) is 55.4 Å². The SMILES string of the molecule is CCCCCOc1ccc(/C=c2/sc3nc(/C=C/c4ccc(OC)cc4)nn3c2=O)cc1OC. The lowest BCUT2D eigenvalue weighted by Gasteiger charge is -2.11. The summed E-state index contributed by atoms with van der Waals surface area (Å²) in [6.45, 7) is 2.81. The first kappa shape index (κ1) is 23.5. The number of methoxy groups -OCH3 is 2. The summed E-state index contributed by atoms with van der Waals surface area (Å²) < 4.78 is 18.4. The number of fused-ring (bicyclic) bond motifs is 1. The molecular weight excluding hydrogens is 450 g/mol. The van der Waals surface area contributed by atoms with Gasteiger partial charge in [-0.05, 0) is 54.0 Å². The third kappa shape index (κ3) is 5.46. The lowest BCUT2D eigenvalue weighted by Crippen LogP contribution is -2.23. The van der Waals surface area contributed by atoms with Gasteiger partial charge in [0.1, 0.15) is 5.75 Å². The van der Waals surface area contributed by atoms with Gasteiger partial charge in [-0.15, -0.1) is 5.10 Å². The molecule has 34 heavy (non-hydrogen) atoms. The highest BCUT2D eigenvalue weighted by atomic mass is 32.1. The maximum atomic E-state index is 12.9. The summed E-state index contributed by atoms with van der Waals surface area (Å²) in [6, 6.07) is 13.3. The van der Waals surface area contributed by atoms with Crippen LogP contribution >= 0.6 is 11.3 Å². The molecule has 0 radical (unpaired) electrons. The molecule has 176 valence electrons. The van der Waals surface area contributed by atoms with Crippen LogP contribution in [0.2, 0.25) is 0 Å². The van der Waals surface area contributed by atoms with Crippen LogP contribution in [0.15, 0.2) is 47.3 Å². The molecule has 0 aliphatic rings. The van der Waals surface area contributed by atoms with Gasteiger partial charge in [0.05, 0.1) is 25.4 Å². The number of unbranched alkanes of at least 4 members (excludes halogenated alkanes) is 2. The molecule has 4 aromatic rings. The average Bonchev–Trinajstić information content (AvgIpc) is 3.39. The molecule has 0 aliphatic heterocycles. The van der Waals surface area contributed by atoms with Crippen molar-refractivity contribution in [3.05, 3.63) is 74.3 Å². The summed E-state index contributed by atoms with van der Waals surface area (Å²) in [6.07, 6.45) is 8.79. The zero-order valence-electron chi connectivity index (χ0n) is 19.5. The molecule has 0 unspecified atom stereocenters. The third-order valence-corrected chi connectivity index (χ3v) is 6.19. The molecule has 2 aromatic heterocycles. The fourth-order valence-electron chi connectivity index (χ4n) is 3.38. The standard InChI is InChI=1S/C26H27N3O4S/c1-4-5-6-15-33-21-13-9-19(16-22(21)32-3)17-23-25(30)29-26(34-23)27-24(28-29)14-10-18-7-11-20(31-2)12-8-18/h7-14,16-17H,4-6,15H2,1-3H3/b14-10+,23-17+. The largest absolute Gasteiger partial charge is 0.497 e. The van der Waals surface area contributed by atoms with Gasteiger partial charge in [0.2, 0.25) is 4.96 Å². The van der Waals surface area contributed by atoms with Crippen LogP contribution in [0.4, 0.5) is 0 Å². The van der Waals surface area contributed by atoms with E-state index in [0.29, 0.717) is 33.4 Å². The van der Waals surface area contributed by atoms with Crippen molar-refractivity contribution in [2.45, 2.75) is 26.2 Å². The number of hydrogen-bond donors (Lipinski definition) is 0. The summed E-state index contributed by atoms with van der Waals surface area (Å²) in [5.41, 5.74) is 1.64. The summed E-state index contributed by atoms with van der Waals surface area (Å²) in [5.74, 6) is 2.62. The van der Waals surface area contributed by atoms with Crippen LogP contribution in [-0.4, -0.2) is 35.4 Å². The summed E-state index contributed by atoms with van der Waals surface area (Å²) in [4.78, 5) is 17.9. The Kier molecular flexibility index (Phi) is 7.59. The molecule has 2 heterocycles. The minimum atomic E-state index is -0.199. The highest BCUT2D eigenvalue weighted by Crippen LogP contribution is 2.28. The molecule has 0 N–H and O–H groups in total. The van der Waals surface area contributed by atoms with Crippen LogP contribution in [-0.2, 0) is 0 Å². The molecular formula is C26H27N3O4S. The Balaban J connectivity index is 1.53. The van der Waals surface area contributed by atoms with E-state index in [1.165, 1.54) is 15.9 Å². The minimum Gasteiger partial charge on any atom is -0.497 e. The van der Waals surface area contributed by atoms with E-state index in [-0.39, 0.29) is 5.56 Å². The van der Waals surface area contributed by atoms with Crippen molar-refractivity contribution < 1.29 is 14.2 Å².